The fourth-order valence-corrected chi connectivity index (χ4v) is 1.87. The minimum absolute atomic E-state index is 0.00435. The zero-order chi connectivity index (χ0) is 12.8. The Morgan fingerprint density at radius 3 is 2.71 bits per heavy atom. The number of benzene rings is 1. The van der Waals surface area contributed by atoms with Gasteiger partial charge >= 0.3 is 0 Å². The quantitative estimate of drug-likeness (QED) is 0.822. The number of nitrogens with one attached hydrogen (secondary N) is 2. The molecule has 1 atom stereocenters. The molecular weight excluding hydrogens is 212 g/mol. The second-order valence-electron chi connectivity index (χ2n) is 4.46. The maximum atomic E-state index is 12.1. The third-order valence-corrected chi connectivity index (χ3v) is 2.79. The molecule has 17 heavy (non-hydrogen) atoms. The molecule has 0 spiro atoms. The van der Waals surface area contributed by atoms with Gasteiger partial charge in [-0.3, -0.25) is 4.79 Å². The molecule has 0 radical (unpaired) electrons. The van der Waals surface area contributed by atoms with Gasteiger partial charge in [-0.1, -0.05) is 19.4 Å². The van der Waals surface area contributed by atoms with Crippen molar-refractivity contribution in [3.8, 4) is 0 Å². The second-order valence-corrected chi connectivity index (χ2v) is 4.46. The van der Waals surface area contributed by atoms with Crippen molar-refractivity contribution in [1.82, 2.24) is 5.32 Å². The van der Waals surface area contributed by atoms with E-state index in [2.05, 4.69) is 17.6 Å². The molecule has 1 aromatic carbocycles. The van der Waals surface area contributed by atoms with Gasteiger partial charge in [0.25, 0.3) is 5.91 Å². The van der Waals surface area contributed by atoms with E-state index >= 15 is 0 Å². The molecule has 2 N–H and O–H groups in total. The Kier molecular flexibility index (Phi) is 5.01. The molecular formula is C14H22N2O. The number of carbonyl (C=O) groups is 1. The zero-order valence-corrected chi connectivity index (χ0v) is 11.1. The summed E-state index contributed by atoms with van der Waals surface area (Å²) >= 11 is 0. The molecule has 0 aliphatic carbocycles. The van der Waals surface area contributed by atoms with Gasteiger partial charge in [0, 0.05) is 18.8 Å². The highest BCUT2D eigenvalue weighted by Crippen LogP contribution is 2.17. The topological polar surface area (TPSA) is 41.1 Å². The largest absolute Gasteiger partial charge is 0.387 e. The summed E-state index contributed by atoms with van der Waals surface area (Å²) in [5.41, 5.74) is 2.74. The number of amides is 1. The van der Waals surface area contributed by atoms with Crippen LogP contribution >= 0.6 is 0 Å². The van der Waals surface area contributed by atoms with E-state index in [9.17, 15) is 4.79 Å². The number of rotatable bonds is 5. The Labute approximate surface area is 104 Å². The monoisotopic (exact) mass is 234 g/mol. The van der Waals surface area contributed by atoms with Crippen LogP contribution in [0.1, 0.15) is 42.6 Å². The maximum Gasteiger partial charge on any atom is 0.253 e. The van der Waals surface area contributed by atoms with Crippen LogP contribution in [0.3, 0.4) is 0 Å². The van der Waals surface area contributed by atoms with Crippen molar-refractivity contribution < 1.29 is 4.79 Å². The first kappa shape index (κ1) is 13.6. The van der Waals surface area contributed by atoms with Gasteiger partial charge in [-0.05, 0) is 38.0 Å². The van der Waals surface area contributed by atoms with Crippen LogP contribution in [-0.2, 0) is 0 Å². The third-order valence-electron chi connectivity index (χ3n) is 2.79. The van der Waals surface area contributed by atoms with E-state index in [4.69, 9.17) is 0 Å². The van der Waals surface area contributed by atoms with Crippen molar-refractivity contribution in [3.05, 3.63) is 29.3 Å². The van der Waals surface area contributed by atoms with Crippen molar-refractivity contribution >= 4 is 11.6 Å². The Balaban J connectivity index is 2.81. The Morgan fingerprint density at radius 1 is 1.41 bits per heavy atom. The lowest BCUT2D eigenvalue weighted by atomic mass is 10.1. The standard InChI is InChI=1S/C14H22N2O/c1-5-6-11(3)16-14(17)12-8-7-10(2)9-13(12)15-4/h7-9,11,15H,5-6H2,1-4H3,(H,16,17). The third kappa shape index (κ3) is 3.77. The molecule has 0 aliphatic heterocycles. The fourth-order valence-electron chi connectivity index (χ4n) is 1.87. The summed E-state index contributed by atoms with van der Waals surface area (Å²) < 4.78 is 0. The molecule has 1 aromatic rings. The second kappa shape index (κ2) is 6.28. The van der Waals surface area contributed by atoms with Crippen LogP contribution in [0.2, 0.25) is 0 Å². The predicted octanol–water partition coefficient (Wildman–Crippen LogP) is 2.96. The first-order valence-corrected chi connectivity index (χ1v) is 6.17. The molecule has 1 amide bonds. The van der Waals surface area contributed by atoms with Crippen molar-refractivity contribution in [2.45, 2.75) is 39.7 Å². The van der Waals surface area contributed by atoms with Crippen LogP contribution in [0.5, 0.6) is 0 Å². The average molecular weight is 234 g/mol. The Hall–Kier alpha value is -1.51. The highest BCUT2D eigenvalue weighted by Gasteiger charge is 2.12. The van der Waals surface area contributed by atoms with Crippen molar-refractivity contribution in [1.29, 1.82) is 0 Å². The van der Waals surface area contributed by atoms with Crippen LogP contribution in [0.25, 0.3) is 0 Å². The predicted molar refractivity (Wildman–Crippen MR) is 72.6 cm³/mol. The van der Waals surface area contributed by atoms with Gasteiger partial charge in [0.2, 0.25) is 0 Å². The number of hydrogen-bond donors (Lipinski definition) is 2. The van der Waals surface area contributed by atoms with Gasteiger partial charge in [-0.25, -0.2) is 0 Å². The lowest BCUT2D eigenvalue weighted by molar-refractivity contribution is 0.0939. The lowest BCUT2D eigenvalue weighted by Gasteiger charge is -2.15. The van der Waals surface area contributed by atoms with E-state index in [1.54, 1.807) is 0 Å². The minimum atomic E-state index is -0.00435. The van der Waals surface area contributed by atoms with Crippen LogP contribution in [0.4, 0.5) is 5.69 Å². The van der Waals surface area contributed by atoms with E-state index in [0.29, 0.717) is 5.56 Å². The van der Waals surface area contributed by atoms with Crippen LogP contribution in [-0.4, -0.2) is 19.0 Å². The molecule has 0 saturated heterocycles. The van der Waals surface area contributed by atoms with E-state index < -0.39 is 0 Å². The molecule has 1 unspecified atom stereocenters. The van der Waals surface area contributed by atoms with Crippen molar-refractivity contribution in [3.63, 3.8) is 0 Å². The van der Waals surface area contributed by atoms with Gasteiger partial charge in [0.15, 0.2) is 0 Å². The summed E-state index contributed by atoms with van der Waals surface area (Å²) in [6, 6.07) is 6.04. The lowest BCUT2D eigenvalue weighted by Crippen LogP contribution is -2.32. The molecule has 0 aliphatic rings. The summed E-state index contributed by atoms with van der Waals surface area (Å²) in [6.45, 7) is 6.17. The van der Waals surface area contributed by atoms with E-state index in [0.717, 1.165) is 24.1 Å². The number of anilines is 1. The number of carbonyl (C=O) groups excluding carboxylic acids is 1. The molecule has 0 saturated carbocycles. The van der Waals surface area contributed by atoms with Gasteiger partial charge in [0.05, 0.1) is 5.56 Å². The first-order valence-electron chi connectivity index (χ1n) is 6.17. The molecule has 0 fully saturated rings. The highest BCUT2D eigenvalue weighted by atomic mass is 16.1. The van der Waals surface area contributed by atoms with Crippen molar-refractivity contribution in [2.24, 2.45) is 0 Å². The van der Waals surface area contributed by atoms with Crippen LogP contribution < -0.4 is 10.6 Å². The average Bonchev–Trinajstić information content (AvgIpc) is 2.28. The minimum Gasteiger partial charge on any atom is -0.387 e. The van der Waals surface area contributed by atoms with Crippen molar-refractivity contribution in [2.75, 3.05) is 12.4 Å². The van der Waals surface area contributed by atoms with Gasteiger partial charge in [-0.2, -0.15) is 0 Å². The number of hydrogen-bond acceptors (Lipinski definition) is 2. The van der Waals surface area contributed by atoms with E-state index in [-0.39, 0.29) is 11.9 Å². The summed E-state index contributed by atoms with van der Waals surface area (Å²) in [7, 11) is 1.83. The molecule has 0 aromatic heterocycles. The summed E-state index contributed by atoms with van der Waals surface area (Å²) in [5, 5.41) is 6.07. The maximum absolute atomic E-state index is 12.1. The normalized spacial score (nSPS) is 12.0. The van der Waals surface area contributed by atoms with Gasteiger partial charge in [0.1, 0.15) is 0 Å². The molecule has 1 rings (SSSR count). The van der Waals surface area contributed by atoms with Gasteiger partial charge in [-0.15, -0.1) is 0 Å². The summed E-state index contributed by atoms with van der Waals surface area (Å²) in [6.07, 6.45) is 2.08. The molecule has 0 heterocycles. The number of aryl methyl sites for hydroxylation is 1. The highest BCUT2D eigenvalue weighted by molar-refractivity contribution is 5.99. The van der Waals surface area contributed by atoms with Crippen LogP contribution in [0.15, 0.2) is 18.2 Å². The Bertz CT molecular complexity index is 388. The summed E-state index contributed by atoms with van der Waals surface area (Å²) in [5.74, 6) is -0.00435. The SMILES string of the molecule is CCCC(C)NC(=O)c1ccc(C)cc1NC. The molecule has 94 valence electrons. The first-order chi connectivity index (χ1) is 8.08. The van der Waals surface area contributed by atoms with E-state index in [1.165, 1.54) is 0 Å². The molecule has 0 bridgehead atoms. The Morgan fingerprint density at radius 2 is 2.12 bits per heavy atom. The van der Waals surface area contributed by atoms with Crippen LogP contribution in [0, 0.1) is 6.92 Å². The van der Waals surface area contributed by atoms with Gasteiger partial charge < -0.3 is 10.6 Å². The summed E-state index contributed by atoms with van der Waals surface area (Å²) in [4.78, 5) is 12.1. The molecule has 3 heteroatoms. The smallest absolute Gasteiger partial charge is 0.253 e. The molecule has 3 nitrogen and oxygen atoms in total. The fraction of sp³-hybridized carbons (Fsp3) is 0.500. The van der Waals surface area contributed by atoms with E-state index in [1.807, 2.05) is 39.1 Å². The zero-order valence-electron chi connectivity index (χ0n) is 11.1.